The van der Waals surface area contributed by atoms with Crippen molar-refractivity contribution in [2.24, 2.45) is 17.1 Å². The molecule has 1 aliphatic rings. The molecule has 1 aromatic rings. The standard InChI is InChI=1S/C16H23NO/c1-12(2)9-13-5-3-6-14(10-13)15(18)16(11-17)7-4-8-16/h3,5-6,10,12H,4,7-9,11,17H2,1-2H3. The molecule has 2 nitrogen and oxygen atoms in total. The summed E-state index contributed by atoms with van der Waals surface area (Å²) < 4.78 is 0. The predicted octanol–water partition coefficient (Wildman–Crippen LogP) is 3.20. The number of hydrogen-bond acceptors (Lipinski definition) is 2. The van der Waals surface area contributed by atoms with Crippen LogP contribution >= 0.6 is 0 Å². The molecule has 98 valence electrons. The summed E-state index contributed by atoms with van der Waals surface area (Å²) in [4.78, 5) is 12.5. The number of Topliss-reactive ketones (excluding diaryl/α,β-unsaturated/α-hetero) is 1. The van der Waals surface area contributed by atoms with Gasteiger partial charge in [0.15, 0.2) is 5.78 Å². The Morgan fingerprint density at radius 2 is 2.11 bits per heavy atom. The largest absolute Gasteiger partial charge is 0.329 e. The number of hydrogen-bond donors (Lipinski definition) is 1. The lowest BCUT2D eigenvalue weighted by Gasteiger charge is -2.39. The van der Waals surface area contributed by atoms with Crippen molar-refractivity contribution in [2.45, 2.75) is 39.5 Å². The fourth-order valence-corrected chi connectivity index (χ4v) is 2.74. The molecule has 1 aromatic carbocycles. The minimum Gasteiger partial charge on any atom is -0.329 e. The molecule has 2 N–H and O–H groups in total. The van der Waals surface area contributed by atoms with E-state index in [1.807, 2.05) is 12.1 Å². The Morgan fingerprint density at radius 1 is 1.39 bits per heavy atom. The van der Waals surface area contributed by atoms with Gasteiger partial charge in [0.05, 0.1) is 0 Å². The van der Waals surface area contributed by atoms with Gasteiger partial charge in [-0.3, -0.25) is 4.79 Å². The lowest BCUT2D eigenvalue weighted by Crippen LogP contribution is -2.44. The van der Waals surface area contributed by atoms with Crippen molar-refractivity contribution in [1.29, 1.82) is 0 Å². The van der Waals surface area contributed by atoms with Crippen molar-refractivity contribution in [3.8, 4) is 0 Å². The molecule has 0 amide bonds. The van der Waals surface area contributed by atoms with E-state index in [0.717, 1.165) is 31.2 Å². The van der Waals surface area contributed by atoms with E-state index in [1.54, 1.807) is 0 Å². The van der Waals surface area contributed by atoms with Gasteiger partial charge in [-0.1, -0.05) is 38.5 Å². The van der Waals surface area contributed by atoms with Gasteiger partial charge in [-0.15, -0.1) is 0 Å². The van der Waals surface area contributed by atoms with Crippen LogP contribution < -0.4 is 5.73 Å². The van der Waals surface area contributed by atoms with Gasteiger partial charge in [-0.05, 0) is 36.8 Å². The van der Waals surface area contributed by atoms with Gasteiger partial charge in [-0.2, -0.15) is 0 Å². The first-order valence-corrected chi connectivity index (χ1v) is 6.91. The fourth-order valence-electron chi connectivity index (χ4n) is 2.74. The Morgan fingerprint density at radius 3 is 2.61 bits per heavy atom. The van der Waals surface area contributed by atoms with E-state index in [-0.39, 0.29) is 11.2 Å². The Hall–Kier alpha value is -1.15. The van der Waals surface area contributed by atoms with E-state index < -0.39 is 0 Å². The van der Waals surface area contributed by atoms with Crippen molar-refractivity contribution in [2.75, 3.05) is 6.54 Å². The van der Waals surface area contributed by atoms with Gasteiger partial charge in [0.1, 0.15) is 0 Å². The Balaban J connectivity index is 2.20. The highest BCUT2D eigenvalue weighted by Gasteiger charge is 2.42. The topological polar surface area (TPSA) is 43.1 Å². The summed E-state index contributed by atoms with van der Waals surface area (Å²) in [6, 6.07) is 8.08. The second-order valence-corrected chi connectivity index (χ2v) is 5.97. The summed E-state index contributed by atoms with van der Waals surface area (Å²) in [6.07, 6.45) is 4.07. The van der Waals surface area contributed by atoms with Crippen LogP contribution in [-0.4, -0.2) is 12.3 Å². The number of carbonyl (C=O) groups is 1. The first-order chi connectivity index (χ1) is 8.57. The van der Waals surface area contributed by atoms with E-state index in [1.165, 1.54) is 5.56 Å². The highest BCUT2D eigenvalue weighted by Crippen LogP contribution is 2.42. The molecule has 0 radical (unpaired) electrons. The molecule has 0 heterocycles. The third kappa shape index (κ3) is 2.49. The summed E-state index contributed by atoms with van der Waals surface area (Å²) in [6.45, 7) is 4.88. The van der Waals surface area contributed by atoms with E-state index in [0.29, 0.717) is 12.5 Å². The SMILES string of the molecule is CC(C)Cc1cccc(C(=O)C2(CN)CCC2)c1. The minimum atomic E-state index is -0.254. The summed E-state index contributed by atoms with van der Waals surface area (Å²) in [5.74, 6) is 0.865. The van der Waals surface area contributed by atoms with E-state index >= 15 is 0 Å². The van der Waals surface area contributed by atoms with Crippen LogP contribution in [0.1, 0.15) is 49.0 Å². The van der Waals surface area contributed by atoms with Gasteiger partial charge in [0.2, 0.25) is 0 Å². The lowest BCUT2D eigenvalue weighted by molar-refractivity contribution is 0.0636. The second kappa shape index (κ2) is 5.23. The van der Waals surface area contributed by atoms with Gasteiger partial charge in [0.25, 0.3) is 0 Å². The van der Waals surface area contributed by atoms with Crippen LogP contribution in [0.15, 0.2) is 24.3 Å². The van der Waals surface area contributed by atoms with Crippen molar-refractivity contribution in [1.82, 2.24) is 0 Å². The van der Waals surface area contributed by atoms with Crippen LogP contribution in [-0.2, 0) is 6.42 Å². The quantitative estimate of drug-likeness (QED) is 0.809. The molecule has 0 aromatic heterocycles. The smallest absolute Gasteiger partial charge is 0.170 e. The van der Waals surface area contributed by atoms with Crippen molar-refractivity contribution >= 4 is 5.78 Å². The molecular weight excluding hydrogens is 222 g/mol. The first kappa shape index (κ1) is 13.3. The fraction of sp³-hybridized carbons (Fsp3) is 0.562. The summed E-state index contributed by atoms with van der Waals surface area (Å²) in [5.41, 5.74) is 7.65. The molecule has 18 heavy (non-hydrogen) atoms. The zero-order valence-corrected chi connectivity index (χ0v) is 11.4. The average molecular weight is 245 g/mol. The first-order valence-electron chi connectivity index (χ1n) is 6.91. The van der Waals surface area contributed by atoms with Crippen LogP contribution in [0.5, 0.6) is 0 Å². The average Bonchev–Trinajstić information content (AvgIpc) is 2.27. The summed E-state index contributed by atoms with van der Waals surface area (Å²) in [7, 11) is 0. The number of benzene rings is 1. The van der Waals surface area contributed by atoms with Gasteiger partial charge in [0, 0.05) is 17.5 Å². The van der Waals surface area contributed by atoms with Gasteiger partial charge >= 0.3 is 0 Å². The number of ketones is 1. The van der Waals surface area contributed by atoms with Crippen LogP contribution in [0, 0.1) is 11.3 Å². The molecule has 1 aliphatic carbocycles. The molecule has 2 rings (SSSR count). The predicted molar refractivity (Wildman–Crippen MR) is 74.7 cm³/mol. The maximum atomic E-state index is 12.5. The maximum absolute atomic E-state index is 12.5. The third-order valence-electron chi connectivity index (χ3n) is 4.02. The highest BCUT2D eigenvalue weighted by atomic mass is 16.1. The van der Waals surface area contributed by atoms with Crippen molar-refractivity contribution in [3.05, 3.63) is 35.4 Å². The van der Waals surface area contributed by atoms with Crippen LogP contribution in [0.25, 0.3) is 0 Å². The van der Waals surface area contributed by atoms with Crippen molar-refractivity contribution < 1.29 is 4.79 Å². The molecule has 0 bridgehead atoms. The molecule has 0 spiro atoms. The maximum Gasteiger partial charge on any atom is 0.170 e. The molecule has 1 fully saturated rings. The molecule has 0 unspecified atom stereocenters. The van der Waals surface area contributed by atoms with Crippen LogP contribution in [0.2, 0.25) is 0 Å². The molecule has 0 aliphatic heterocycles. The normalized spacial score (nSPS) is 17.6. The molecule has 1 saturated carbocycles. The van der Waals surface area contributed by atoms with Gasteiger partial charge < -0.3 is 5.73 Å². The second-order valence-electron chi connectivity index (χ2n) is 5.97. The molecule has 0 saturated heterocycles. The summed E-state index contributed by atoms with van der Waals surface area (Å²) in [5, 5.41) is 0. The Labute approximate surface area is 110 Å². The Kier molecular flexibility index (Phi) is 3.86. The molecule has 0 atom stereocenters. The van der Waals surface area contributed by atoms with Crippen LogP contribution in [0.3, 0.4) is 0 Å². The van der Waals surface area contributed by atoms with Gasteiger partial charge in [-0.25, -0.2) is 0 Å². The number of nitrogens with two attached hydrogens (primary N) is 1. The Bertz CT molecular complexity index is 427. The van der Waals surface area contributed by atoms with Crippen molar-refractivity contribution in [3.63, 3.8) is 0 Å². The van der Waals surface area contributed by atoms with E-state index in [9.17, 15) is 4.79 Å². The lowest BCUT2D eigenvalue weighted by atomic mass is 9.64. The summed E-state index contributed by atoms with van der Waals surface area (Å²) >= 11 is 0. The third-order valence-corrected chi connectivity index (χ3v) is 4.02. The van der Waals surface area contributed by atoms with Crippen LogP contribution in [0.4, 0.5) is 0 Å². The monoisotopic (exact) mass is 245 g/mol. The van der Waals surface area contributed by atoms with E-state index in [4.69, 9.17) is 5.73 Å². The molecule has 2 heteroatoms. The highest BCUT2D eigenvalue weighted by molar-refractivity contribution is 6.01. The minimum absolute atomic E-state index is 0.252. The number of carbonyl (C=O) groups excluding carboxylic acids is 1. The zero-order chi connectivity index (χ0) is 13.2. The number of rotatable bonds is 5. The molecular formula is C16H23NO. The van der Waals surface area contributed by atoms with E-state index in [2.05, 4.69) is 26.0 Å². The zero-order valence-electron chi connectivity index (χ0n) is 11.4.